The lowest BCUT2D eigenvalue weighted by molar-refractivity contribution is -0.385. The van der Waals surface area contributed by atoms with Crippen LogP contribution in [0.25, 0.3) is 6.08 Å². The fourth-order valence-electron chi connectivity index (χ4n) is 3.86. The number of para-hydroxylation sites is 1. The fraction of sp³-hybridized carbons (Fsp3) is 0.500. The van der Waals surface area contributed by atoms with E-state index in [4.69, 9.17) is 0 Å². The number of hydrogen-bond acceptors (Lipinski definition) is 3. The summed E-state index contributed by atoms with van der Waals surface area (Å²) in [5.41, 5.74) is 0.501. The molecule has 2 fully saturated rings. The highest BCUT2D eigenvalue weighted by Crippen LogP contribution is 2.36. The molecule has 0 N–H and O–H groups in total. The number of nitro groups is 1. The van der Waals surface area contributed by atoms with Crippen molar-refractivity contribution in [1.29, 1.82) is 0 Å². The summed E-state index contributed by atoms with van der Waals surface area (Å²) in [4.78, 5) is 24.9. The second-order valence-corrected chi connectivity index (χ2v) is 6.53. The first-order valence-electron chi connectivity index (χ1n) is 8.35. The molecule has 1 aliphatic heterocycles. The molecule has 0 radical (unpaired) electrons. The number of likely N-dealkylation sites (tertiary alicyclic amines) is 1. The van der Waals surface area contributed by atoms with Crippen LogP contribution in [0.4, 0.5) is 5.69 Å². The Morgan fingerprint density at radius 3 is 2.70 bits per heavy atom. The normalized spacial score (nSPS) is 24.4. The largest absolute Gasteiger partial charge is 0.339 e. The summed E-state index contributed by atoms with van der Waals surface area (Å²) in [6.07, 6.45) is 9.26. The van der Waals surface area contributed by atoms with Crippen LogP contribution in [0.1, 0.15) is 37.7 Å². The molecule has 1 saturated heterocycles. The van der Waals surface area contributed by atoms with E-state index in [1.807, 2.05) is 4.90 Å². The van der Waals surface area contributed by atoms with Crippen molar-refractivity contribution in [2.75, 3.05) is 13.1 Å². The SMILES string of the molecule is O=C(/C=C/c1ccccc1[N+](=O)[O-])N1CC[C@@H]2CCCC[C@H]2C1. The van der Waals surface area contributed by atoms with E-state index < -0.39 is 4.92 Å². The standard InChI is InChI=1S/C18H22N2O3/c21-18(10-9-15-6-3-4-8-17(15)20(22)23)19-12-11-14-5-1-2-7-16(14)13-19/h3-4,6,8-10,14,16H,1-2,5,7,11-13H2/b10-9+/t14-,16-/m0/s1. The van der Waals surface area contributed by atoms with Gasteiger partial charge in [0.1, 0.15) is 0 Å². The van der Waals surface area contributed by atoms with E-state index in [0.717, 1.165) is 25.4 Å². The highest BCUT2D eigenvalue weighted by Gasteiger charge is 2.32. The average molecular weight is 314 g/mol. The summed E-state index contributed by atoms with van der Waals surface area (Å²) in [5.74, 6) is 1.39. The summed E-state index contributed by atoms with van der Waals surface area (Å²) in [7, 11) is 0. The van der Waals surface area contributed by atoms with Crippen LogP contribution in [-0.2, 0) is 4.79 Å². The number of amides is 1. The number of nitrogens with zero attached hydrogens (tertiary/aromatic N) is 2. The molecular formula is C18H22N2O3. The van der Waals surface area contributed by atoms with Gasteiger partial charge in [-0.1, -0.05) is 31.4 Å². The van der Waals surface area contributed by atoms with Gasteiger partial charge in [-0.2, -0.15) is 0 Å². The fourth-order valence-corrected chi connectivity index (χ4v) is 3.86. The number of carbonyl (C=O) groups is 1. The number of carbonyl (C=O) groups excluding carboxylic acids is 1. The maximum atomic E-state index is 12.4. The molecule has 0 bridgehead atoms. The predicted octanol–water partition coefficient (Wildman–Crippen LogP) is 3.65. The first-order valence-corrected chi connectivity index (χ1v) is 8.35. The molecule has 0 spiro atoms. The van der Waals surface area contributed by atoms with Crippen molar-refractivity contribution in [2.45, 2.75) is 32.1 Å². The number of nitro benzene ring substituents is 1. The van der Waals surface area contributed by atoms with Gasteiger partial charge in [-0.25, -0.2) is 0 Å². The highest BCUT2D eigenvalue weighted by atomic mass is 16.6. The van der Waals surface area contributed by atoms with Crippen LogP contribution in [0, 0.1) is 22.0 Å². The van der Waals surface area contributed by atoms with Crippen molar-refractivity contribution in [3.63, 3.8) is 0 Å². The van der Waals surface area contributed by atoms with Gasteiger partial charge in [0.15, 0.2) is 0 Å². The van der Waals surface area contributed by atoms with E-state index in [1.165, 1.54) is 37.8 Å². The zero-order valence-electron chi connectivity index (χ0n) is 13.2. The van der Waals surface area contributed by atoms with Gasteiger partial charge in [0.25, 0.3) is 5.69 Å². The molecule has 5 heteroatoms. The molecule has 1 aliphatic carbocycles. The predicted molar refractivity (Wildman–Crippen MR) is 88.8 cm³/mol. The van der Waals surface area contributed by atoms with Crippen LogP contribution >= 0.6 is 0 Å². The van der Waals surface area contributed by atoms with Crippen LogP contribution in [0.3, 0.4) is 0 Å². The molecule has 1 aromatic rings. The quantitative estimate of drug-likeness (QED) is 0.486. The second kappa shape index (κ2) is 6.94. The Labute approximate surface area is 136 Å². The third-order valence-electron chi connectivity index (χ3n) is 5.14. The number of rotatable bonds is 3. The molecule has 3 rings (SSSR count). The average Bonchev–Trinajstić information content (AvgIpc) is 2.59. The van der Waals surface area contributed by atoms with Gasteiger partial charge in [0, 0.05) is 25.2 Å². The van der Waals surface area contributed by atoms with Crippen molar-refractivity contribution in [3.05, 3.63) is 46.0 Å². The number of fused-ring (bicyclic) bond motifs is 1. The molecule has 2 aliphatic rings. The molecule has 1 aromatic carbocycles. The molecule has 1 amide bonds. The minimum Gasteiger partial charge on any atom is -0.339 e. The van der Waals surface area contributed by atoms with Crippen LogP contribution in [0.15, 0.2) is 30.3 Å². The number of benzene rings is 1. The zero-order valence-corrected chi connectivity index (χ0v) is 13.2. The van der Waals surface area contributed by atoms with Crippen molar-refractivity contribution in [1.82, 2.24) is 4.90 Å². The Balaban J connectivity index is 1.66. The molecule has 122 valence electrons. The van der Waals surface area contributed by atoms with E-state index in [1.54, 1.807) is 24.3 Å². The number of piperidine rings is 1. The number of hydrogen-bond donors (Lipinski definition) is 0. The smallest absolute Gasteiger partial charge is 0.276 e. The van der Waals surface area contributed by atoms with E-state index in [9.17, 15) is 14.9 Å². The molecular weight excluding hydrogens is 292 g/mol. The van der Waals surface area contributed by atoms with Crippen molar-refractivity contribution in [3.8, 4) is 0 Å². The second-order valence-electron chi connectivity index (χ2n) is 6.53. The van der Waals surface area contributed by atoms with E-state index in [2.05, 4.69) is 0 Å². The maximum absolute atomic E-state index is 12.4. The van der Waals surface area contributed by atoms with E-state index >= 15 is 0 Å². The minimum atomic E-state index is -0.419. The highest BCUT2D eigenvalue weighted by molar-refractivity contribution is 5.92. The van der Waals surface area contributed by atoms with E-state index in [0.29, 0.717) is 11.5 Å². The zero-order chi connectivity index (χ0) is 16.2. The summed E-state index contributed by atoms with van der Waals surface area (Å²) < 4.78 is 0. The summed E-state index contributed by atoms with van der Waals surface area (Å²) in [5, 5.41) is 11.0. The molecule has 2 atom stereocenters. The minimum absolute atomic E-state index is 0.0301. The van der Waals surface area contributed by atoms with Crippen LogP contribution in [0.2, 0.25) is 0 Å². The molecule has 5 nitrogen and oxygen atoms in total. The first kappa shape index (κ1) is 15.7. The van der Waals surface area contributed by atoms with Crippen LogP contribution in [-0.4, -0.2) is 28.8 Å². The molecule has 1 heterocycles. The maximum Gasteiger partial charge on any atom is 0.276 e. The topological polar surface area (TPSA) is 63.4 Å². The Morgan fingerprint density at radius 2 is 1.91 bits per heavy atom. The third kappa shape index (κ3) is 3.60. The Morgan fingerprint density at radius 1 is 1.17 bits per heavy atom. The lowest BCUT2D eigenvalue weighted by Gasteiger charge is -2.41. The van der Waals surface area contributed by atoms with Crippen LogP contribution in [0.5, 0.6) is 0 Å². The molecule has 0 unspecified atom stereocenters. The van der Waals surface area contributed by atoms with Gasteiger partial charge in [-0.05, 0) is 36.8 Å². The van der Waals surface area contributed by atoms with Crippen LogP contribution < -0.4 is 0 Å². The monoisotopic (exact) mass is 314 g/mol. The van der Waals surface area contributed by atoms with E-state index in [-0.39, 0.29) is 11.6 Å². The van der Waals surface area contributed by atoms with Gasteiger partial charge in [-0.15, -0.1) is 0 Å². The lowest BCUT2D eigenvalue weighted by Crippen LogP contribution is -2.44. The molecule has 0 aromatic heterocycles. The van der Waals surface area contributed by atoms with Crippen molar-refractivity contribution in [2.24, 2.45) is 11.8 Å². The van der Waals surface area contributed by atoms with Gasteiger partial charge >= 0.3 is 0 Å². The van der Waals surface area contributed by atoms with Gasteiger partial charge in [-0.3, -0.25) is 14.9 Å². The summed E-state index contributed by atoms with van der Waals surface area (Å²) in [6, 6.07) is 6.49. The molecule has 1 saturated carbocycles. The lowest BCUT2D eigenvalue weighted by atomic mass is 9.75. The van der Waals surface area contributed by atoms with Gasteiger partial charge in [0.05, 0.1) is 10.5 Å². The summed E-state index contributed by atoms with van der Waals surface area (Å²) in [6.45, 7) is 1.64. The van der Waals surface area contributed by atoms with Crippen molar-refractivity contribution < 1.29 is 9.72 Å². The summed E-state index contributed by atoms with van der Waals surface area (Å²) >= 11 is 0. The first-order chi connectivity index (χ1) is 11.1. The molecule has 23 heavy (non-hydrogen) atoms. The Bertz CT molecular complexity index is 626. The Kier molecular flexibility index (Phi) is 4.74. The third-order valence-corrected chi connectivity index (χ3v) is 5.14. The van der Waals surface area contributed by atoms with Crippen molar-refractivity contribution >= 4 is 17.7 Å². The van der Waals surface area contributed by atoms with Gasteiger partial charge in [0.2, 0.25) is 5.91 Å². The van der Waals surface area contributed by atoms with Gasteiger partial charge < -0.3 is 4.90 Å². The Hall–Kier alpha value is -2.17.